The first-order valence-corrected chi connectivity index (χ1v) is 7.16. The summed E-state index contributed by atoms with van der Waals surface area (Å²) in [5.74, 6) is -0.376. The molecule has 0 aromatic carbocycles. The molecule has 0 bridgehead atoms. The summed E-state index contributed by atoms with van der Waals surface area (Å²) in [5, 5.41) is 2.54. The largest absolute Gasteiger partial charge is 0.339 e. The van der Waals surface area contributed by atoms with Gasteiger partial charge in [-0.3, -0.25) is 14.2 Å². The summed E-state index contributed by atoms with van der Waals surface area (Å²) in [5.41, 5.74) is -1.20. The maximum Gasteiger partial charge on any atom is 0.256 e. The molecule has 9 heteroatoms. The highest BCUT2D eigenvalue weighted by Gasteiger charge is 2.38. The Labute approximate surface area is 136 Å². The van der Waals surface area contributed by atoms with Gasteiger partial charge < -0.3 is 10.3 Å². The van der Waals surface area contributed by atoms with E-state index in [2.05, 4.69) is 10.3 Å². The first-order valence-electron chi connectivity index (χ1n) is 5.62. The van der Waals surface area contributed by atoms with Crippen LogP contribution in [0.5, 0.6) is 0 Å². The number of H-pyrrole nitrogens is 1. The SMILES string of the molecule is CC(C)(C)C(=O)N[C@@H](n1c(=O)cc[nH]c1=S)C(Cl)(Cl)Cl. The molecule has 20 heavy (non-hydrogen) atoms. The second-order valence-corrected chi connectivity index (χ2v) is 7.91. The Bertz CT molecular complexity index is 585. The summed E-state index contributed by atoms with van der Waals surface area (Å²) in [6, 6.07) is 1.22. The molecule has 1 atom stereocenters. The van der Waals surface area contributed by atoms with Crippen LogP contribution in [0.15, 0.2) is 17.1 Å². The third kappa shape index (κ3) is 4.22. The molecule has 0 unspecified atom stereocenters. The maximum absolute atomic E-state index is 12.1. The predicted octanol–water partition coefficient (Wildman–Crippen LogP) is 2.94. The third-order valence-corrected chi connectivity index (χ3v) is 3.34. The quantitative estimate of drug-likeness (QED) is 0.631. The minimum atomic E-state index is -1.94. The fraction of sp³-hybridized carbons (Fsp3) is 0.545. The molecule has 0 saturated heterocycles. The van der Waals surface area contributed by atoms with Crippen molar-refractivity contribution in [1.29, 1.82) is 0 Å². The first-order chi connectivity index (χ1) is 8.94. The monoisotopic (exact) mass is 357 g/mol. The molecule has 0 aliphatic carbocycles. The van der Waals surface area contributed by atoms with Crippen LogP contribution < -0.4 is 10.9 Å². The van der Waals surface area contributed by atoms with E-state index in [-0.39, 0.29) is 10.7 Å². The fourth-order valence-corrected chi connectivity index (χ4v) is 2.03. The zero-order valence-electron chi connectivity index (χ0n) is 11.0. The van der Waals surface area contributed by atoms with Gasteiger partial charge in [-0.05, 0) is 12.2 Å². The zero-order valence-corrected chi connectivity index (χ0v) is 14.1. The van der Waals surface area contributed by atoms with Gasteiger partial charge in [0.15, 0.2) is 10.9 Å². The number of halogens is 3. The number of nitrogens with zero attached hydrogens (tertiary/aromatic N) is 1. The van der Waals surface area contributed by atoms with Crippen molar-refractivity contribution in [2.24, 2.45) is 5.41 Å². The molecule has 0 aliphatic rings. The molecular formula is C11H14Cl3N3O2S. The molecule has 1 heterocycles. The van der Waals surface area contributed by atoms with Gasteiger partial charge in [0.25, 0.3) is 5.56 Å². The van der Waals surface area contributed by atoms with Crippen LogP contribution in [0, 0.1) is 10.2 Å². The van der Waals surface area contributed by atoms with Crippen LogP contribution in [0.3, 0.4) is 0 Å². The van der Waals surface area contributed by atoms with Crippen molar-refractivity contribution in [2.45, 2.75) is 30.7 Å². The van der Waals surface area contributed by atoms with Crippen LogP contribution in [0.4, 0.5) is 0 Å². The number of rotatable bonds is 2. The fourth-order valence-electron chi connectivity index (χ4n) is 1.31. The van der Waals surface area contributed by atoms with Gasteiger partial charge in [0.2, 0.25) is 9.70 Å². The van der Waals surface area contributed by atoms with E-state index in [0.717, 1.165) is 4.57 Å². The molecule has 0 aliphatic heterocycles. The molecule has 112 valence electrons. The topological polar surface area (TPSA) is 66.9 Å². The normalized spacial score (nSPS) is 13.9. The van der Waals surface area contributed by atoms with Crippen LogP contribution in [-0.2, 0) is 4.79 Å². The van der Waals surface area contributed by atoms with Crippen LogP contribution in [0.25, 0.3) is 0 Å². The first kappa shape index (κ1) is 17.5. The van der Waals surface area contributed by atoms with E-state index >= 15 is 0 Å². The standard InChI is InChI=1S/C11H14Cl3N3O2S/c1-10(2,3)8(19)16-7(11(12,13)14)17-6(18)4-5-15-9(17)20/h4-5,7H,1-3H3,(H,15,20)(H,16,19)/t7-/m0/s1. The van der Waals surface area contributed by atoms with Crippen molar-refractivity contribution in [3.05, 3.63) is 27.4 Å². The summed E-state index contributed by atoms with van der Waals surface area (Å²) in [4.78, 5) is 26.6. The minimum Gasteiger partial charge on any atom is -0.339 e. The number of aromatic nitrogens is 2. The smallest absolute Gasteiger partial charge is 0.256 e. The van der Waals surface area contributed by atoms with Gasteiger partial charge in [0, 0.05) is 17.7 Å². The second kappa shape index (κ2) is 6.05. The highest BCUT2D eigenvalue weighted by molar-refractivity contribution is 7.71. The lowest BCUT2D eigenvalue weighted by Crippen LogP contribution is -2.48. The lowest BCUT2D eigenvalue weighted by atomic mass is 9.95. The van der Waals surface area contributed by atoms with Gasteiger partial charge in [-0.1, -0.05) is 55.6 Å². The van der Waals surface area contributed by atoms with Crippen molar-refractivity contribution in [1.82, 2.24) is 14.9 Å². The van der Waals surface area contributed by atoms with E-state index in [1.54, 1.807) is 20.8 Å². The molecule has 0 fully saturated rings. The lowest BCUT2D eigenvalue weighted by Gasteiger charge is -2.30. The number of carbonyl (C=O) groups excluding carboxylic acids is 1. The molecule has 1 aromatic heterocycles. The van der Waals surface area contributed by atoms with E-state index in [0.29, 0.717) is 0 Å². The number of aromatic amines is 1. The molecule has 0 saturated carbocycles. The summed E-state index contributed by atoms with van der Waals surface area (Å²) in [7, 11) is 0. The molecule has 1 aromatic rings. The highest BCUT2D eigenvalue weighted by Crippen LogP contribution is 2.36. The molecule has 1 amide bonds. The van der Waals surface area contributed by atoms with E-state index < -0.39 is 20.9 Å². The maximum atomic E-state index is 12.1. The van der Waals surface area contributed by atoms with Gasteiger partial charge in [0.05, 0.1) is 0 Å². The van der Waals surface area contributed by atoms with Gasteiger partial charge in [-0.25, -0.2) is 0 Å². The second-order valence-electron chi connectivity index (χ2n) is 5.16. The van der Waals surface area contributed by atoms with E-state index in [1.807, 2.05) is 0 Å². The van der Waals surface area contributed by atoms with Crippen molar-refractivity contribution >= 4 is 52.9 Å². The number of alkyl halides is 3. The molecule has 5 nitrogen and oxygen atoms in total. The van der Waals surface area contributed by atoms with Gasteiger partial charge in [-0.15, -0.1) is 0 Å². The van der Waals surface area contributed by atoms with Crippen LogP contribution in [0.1, 0.15) is 26.9 Å². The Kier molecular flexibility index (Phi) is 5.29. The third-order valence-electron chi connectivity index (χ3n) is 2.41. The molecule has 0 spiro atoms. The van der Waals surface area contributed by atoms with Crippen molar-refractivity contribution in [3.8, 4) is 0 Å². The Hall–Kier alpha value is -0.560. The number of hydrogen-bond donors (Lipinski definition) is 2. The summed E-state index contributed by atoms with van der Waals surface area (Å²) in [6.45, 7) is 5.10. The Morgan fingerprint density at radius 2 is 1.95 bits per heavy atom. The van der Waals surface area contributed by atoms with E-state index in [4.69, 9.17) is 47.0 Å². The molecule has 0 radical (unpaired) electrons. The van der Waals surface area contributed by atoms with Crippen LogP contribution >= 0.6 is 47.0 Å². The van der Waals surface area contributed by atoms with Crippen molar-refractivity contribution < 1.29 is 4.79 Å². The van der Waals surface area contributed by atoms with Crippen molar-refractivity contribution in [2.75, 3.05) is 0 Å². The predicted molar refractivity (Wildman–Crippen MR) is 82.8 cm³/mol. The summed E-state index contributed by atoms with van der Waals surface area (Å²) < 4.78 is -0.873. The molecule has 1 rings (SSSR count). The average molecular weight is 359 g/mol. The highest BCUT2D eigenvalue weighted by atomic mass is 35.6. The van der Waals surface area contributed by atoms with E-state index in [9.17, 15) is 9.59 Å². The zero-order chi connectivity index (χ0) is 15.7. The van der Waals surface area contributed by atoms with Crippen molar-refractivity contribution in [3.63, 3.8) is 0 Å². The van der Waals surface area contributed by atoms with Gasteiger partial charge in [0.1, 0.15) is 0 Å². The Morgan fingerprint density at radius 3 is 2.35 bits per heavy atom. The van der Waals surface area contributed by atoms with Gasteiger partial charge in [-0.2, -0.15) is 0 Å². The summed E-state index contributed by atoms with van der Waals surface area (Å²) >= 11 is 22.6. The number of carbonyl (C=O) groups is 1. The Balaban J connectivity index is 3.33. The number of hydrogen-bond acceptors (Lipinski definition) is 3. The van der Waals surface area contributed by atoms with E-state index in [1.165, 1.54) is 12.3 Å². The number of nitrogens with one attached hydrogen (secondary N) is 2. The van der Waals surface area contributed by atoms with Crippen LogP contribution in [0.2, 0.25) is 0 Å². The lowest BCUT2D eigenvalue weighted by molar-refractivity contribution is -0.129. The van der Waals surface area contributed by atoms with Crippen LogP contribution in [-0.4, -0.2) is 19.3 Å². The average Bonchev–Trinajstić information content (AvgIpc) is 2.24. The molecular weight excluding hydrogens is 345 g/mol. The Morgan fingerprint density at radius 1 is 1.40 bits per heavy atom. The van der Waals surface area contributed by atoms with Gasteiger partial charge >= 0.3 is 0 Å². The number of amides is 1. The summed E-state index contributed by atoms with van der Waals surface area (Å²) in [6.07, 6.45) is 0.166. The molecule has 2 N–H and O–H groups in total. The minimum absolute atomic E-state index is 0.0445.